The molecule has 1 rings (SSSR count). The summed E-state index contributed by atoms with van der Waals surface area (Å²) in [5.74, 6) is 0.667. The van der Waals surface area contributed by atoms with Gasteiger partial charge >= 0.3 is 0 Å². The van der Waals surface area contributed by atoms with Crippen molar-refractivity contribution >= 4 is 27.3 Å². The summed E-state index contributed by atoms with van der Waals surface area (Å²) >= 11 is 5.31. The second-order valence-corrected chi connectivity index (χ2v) is 6.43. The molecule has 1 heterocycles. The summed E-state index contributed by atoms with van der Waals surface area (Å²) in [4.78, 5) is 3.84. The molecule has 0 saturated carbocycles. The van der Waals surface area contributed by atoms with Gasteiger partial charge in [0.25, 0.3) is 0 Å². The van der Waals surface area contributed by atoms with Crippen LogP contribution in [0, 0.1) is 5.92 Å². The summed E-state index contributed by atoms with van der Waals surface area (Å²) in [6, 6.07) is 2.80. The van der Waals surface area contributed by atoms with Gasteiger partial charge < -0.3 is 5.32 Å². The lowest BCUT2D eigenvalue weighted by molar-refractivity contribution is 0.184. The third-order valence-electron chi connectivity index (χ3n) is 2.78. The van der Waals surface area contributed by atoms with Crippen LogP contribution in [0.25, 0.3) is 0 Å². The fourth-order valence-electron chi connectivity index (χ4n) is 1.91. The van der Waals surface area contributed by atoms with Crippen LogP contribution in [-0.2, 0) is 6.54 Å². The van der Waals surface area contributed by atoms with Gasteiger partial charge in [0.1, 0.15) is 0 Å². The summed E-state index contributed by atoms with van der Waals surface area (Å²) in [6.07, 6.45) is 0. The number of hydrogen-bond donors (Lipinski definition) is 1. The van der Waals surface area contributed by atoms with E-state index in [-0.39, 0.29) is 0 Å². The average Bonchev–Trinajstić information content (AvgIpc) is 2.59. The van der Waals surface area contributed by atoms with Crippen molar-refractivity contribution in [2.75, 3.05) is 20.6 Å². The molecule has 0 amide bonds. The minimum absolute atomic E-state index is 0.589. The molecule has 1 atom stereocenters. The smallest absolute Gasteiger partial charge is 0.0328 e. The van der Waals surface area contributed by atoms with E-state index in [2.05, 4.69) is 58.5 Å². The van der Waals surface area contributed by atoms with E-state index in [0.29, 0.717) is 12.0 Å². The monoisotopic (exact) mass is 304 g/mol. The van der Waals surface area contributed by atoms with Crippen LogP contribution in [0.3, 0.4) is 0 Å². The van der Waals surface area contributed by atoms with Crippen molar-refractivity contribution in [3.05, 3.63) is 20.8 Å². The van der Waals surface area contributed by atoms with E-state index < -0.39 is 0 Å². The van der Waals surface area contributed by atoms with Gasteiger partial charge in [-0.2, -0.15) is 0 Å². The second-order valence-electron chi connectivity index (χ2n) is 4.52. The molecular formula is C12H21BrN2S. The molecule has 0 radical (unpaired) electrons. The van der Waals surface area contributed by atoms with Crippen LogP contribution in [-0.4, -0.2) is 31.6 Å². The number of hydrogen-bond acceptors (Lipinski definition) is 3. The van der Waals surface area contributed by atoms with Crippen molar-refractivity contribution in [3.63, 3.8) is 0 Å². The Morgan fingerprint density at radius 1 is 1.50 bits per heavy atom. The van der Waals surface area contributed by atoms with Crippen LogP contribution in [0.5, 0.6) is 0 Å². The minimum atomic E-state index is 0.589. The maximum absolute atomic E-state index is 3.50. The Morgan fingerprint density at radius 2 is 2.19 bits per heavy atom. The molecule has 0 aromatic carbocycles. The molecule has 0 spiro atoms. The predicted octanol–water partition coefficient (Wildman–Crippen LogP) is 3.19. The maximum atomic E-state index is 3.50. The Morgan fingerprint density at radius 3 is 2.62 bits per heavy atom. The van der Waals surface area contributed by atoms with E-state index >= 15 is 0 Å². The number of nitrogens with zero attached hydrogens (tertiary/aromatic N) is 1. The Kier molecular flexibility index (Phi) is 5.97. The van der Waals surface area contributed by atoms with Gasteiger partial charge in [0, 0.05) is 33.9 Å². The number of likely N-dealkylation sites (N-methyl/N-ethyl adjacent to an activating group) is 2. The van der Waals surface area contributed by atoms with Crippen molar-refractivity contribution in [2.24, 2.45) is 5.92 Å². The van der Waals surface area contributed by atoms with Crippen LogP contribution in [0.4, 0.5) is 0 Å². The van der Waals surface area contributed by atoms with Gasteiger partial charge in [-0.1, -0.05) is 13.8 Å². The summed E-state index contributed by atoms with van der Waals surface area (Å²) in [6.45, 7) is 6.63. The van der Waals surface area contributed by atoms with Crippen LogP contribution in [0.15, 0.2) is 15.9 Å². The first kappa shape index (κ1) is 14.2. The molecule has 1 aromatic rings. The fourth-order valence-corrected chi connectivity index (χ4v) is 3.42. The van der Waals surface area contributed by atoms with Crippen molar-refractivity contribution in [1.29, 1.82) is 0 Å². The highest BCUT2D eigenvalue weighted by atomic mass is 79.9. The molecule has 0 saturated heterocycles. The molecule has 0 aliphatic rings. The number of rotatable bonds is 6. The topological polar surface area (TPSA) is 15.3 Å². The molecule has 0 fully saturated rings. The molecule has 1 unspecified atom stereocenters. The molecular weight excluding hydrogens is 284 g/mol. The van der Waals surface area contributed by atoms with Crippen LogP contribution in [0.1, 0.15) is 18.7 Å². The van der Waals surface area contributed by atoms with Crippen molar-refractivity contribution in [2.45, 2.75) is 26.4 Å². The molecule has 1 N–H and O–H groups in total. The van der Waals surface area contributed by atoms with Crippen LogP contribution >= 0.6 is 27.3 Å². The van der Waals surface area contributed by atoms with E-state index in [4.69, 9.17) is 0 Å². The first-order chi connectivity index (χ1) is 7.54. The Balaban J connectivity index is 2.57. The lowest BCUT2D eigenvalue weighted by atomic mass is 10.0. The summed E-state index contributed by atoms with van der Waals surface area (Å²) in [5, 5.41) is 5.42. The molecule has 16 heavy (non-hydrogen) atoms. The largest absolute Gasteiger partial charge is 0.318 e. The standard InChI is InChI=1S/C12H21BrN2S/c1-9(2)12(6-14-3)15(4)7-11-5-10(13)8-16-11/h5,8-9,12,14H,6-7H2,1-4H3. The summed E-state index contributed by atoms with van der Waals surface area (Å²) in [5.41, 5.74) is 0. The lowest BCUT2D eigenvalue weighted by Gasteiger charge is -2.30. The van der Waals surface area contributed by atoms with Crippen molar-refractivity contribution in [3.8, 4) is 0 Å². The number of thiophene rings is 1. The zero-order chi connectivity index (χ0) is 12.1. The highest BCUT2D eigenvalue weighted by Gasteiger charge is 2.18. The molecule has 0 aliphatic heterocycles. The Bertz CT molecular complexity index is 312. The van der Waals surface area contributed by atoms with E-state index in [1.165, 1.54) is 9.35 Å². The van der Waals surface area contributed by atoms with Gasteiger partial charge in [0.05, 0.1) is 0 Å². The van der Waals surface area contributed by atoms with Gasteiger partial charge in [-0.15, -0.1) is 11.3 Å². The first-order valence-electron chi connectivity index (χ1n) is 5.62. The normalized spacial score (nSPS) is 13.7. The molecule has 1 aromatic heterocycles. The van der Waals surface area contributed by atoms with E-state index in [0.717, 1.165) is 13.1 Å². The van der Waals surface area contributed by atoms with Gasteiger partial charge in [0.15, 0.2) is 0 Å². The summed E-state index contributed by atoms with van der Waals surface area (Å²) in [7, 11) is 4.22. The molecule has 0 bridgehead atoms. The second kappa shape index (κ2) is 6.74. The molecule has 0 aliphatic carbocycles. The molecule has 4 heteroatoms. The third kappa shape index (κ3) is 4.17. The zero-order valence-electron chi connectivity index (χ0n) is 10.5. The predicted molar refractivity (Wildman–Crippen MR) is 76.0 cm³/mol. The highest BCUT2D eigenvalue weighted by Crippen LogP contribution is 2.22. The number of nitrogens with one attached hydrogen (secondary N) is 1. The minimum Gasteiger partial charge on any atom is -0.318 e. The number of halogens is 1. The van der Waals surface area contributed by atoms with Gasteiger partial charge in [0.2, 0.25) is 0 Å². The third-order valence-corrected chi connectivity index (χ3v) is 4.46. The van der Waals surface area contributed by atoms with Crippen molar-refractivity contribution < 1.29 is 0 Å². The van der Waals surface area contributed by atoms with Gasteiger partial charge in [-0.05, 0) is 42.0 Å². The van der Waals surface area contributed by atoms with Crippen LogP contribution < -0.4 is 5.32 Å². The van der Waals surface area contributed by atoms with Crippen LogP contribution in [0.2, 0.25) is 0 Å². The van der Waals surface area contributed by atoms with E-state index in [1.807, 2.05) is 18.4 Å². The fraction of sp³-hybridized carbons (Fsp3) is 0.667. The maximum Gasteiger partial charge on any atom is 0.0328 e. The molecule has 2 nitrogen and oxygen atoms in total. The van der Waals surface area contributed by atoms with Crippen molar-refractivity contribution in [1.82, 2.24) is 10.2 Å². The lowest BCUT2D eigenvalue weighted by Crippen LogP contribution is -2.42. The summed E-state index contributed by atoms with van der Waals surface area (Å²) < 4.78 is 1.19. The van der Waals surface area contributed by atoms with Gasteiger partial charge in [-0.3, -0.25) is 4.90 Å². The van der Waals surface area contributed by atoms with E-state index in [1.54, 1.807) is 0 Å². The Labute approximate surface area is 111 Å². The quantitative estimate of drug-likeness (QED) is 0.868. The Hall–Kier alpha value is 0.1000. The van der Waals surface area contributed by atoms with E-state index in [9.17, 15) is 0 Å². The molecule has 92 valence electrons. The highest BCUT2D eigenvalue weighted by molar-refractivity contribution is 9.10. The average molecular weight is 305 g/mol. The first-order valence-corrected chi connectivity index (χ1v) is 7.29. The zero-order valence-corrected chi connectivity index (χ0v) is 12.9. The van der Waals surface area contributed by atoms with Gasteiger partial charge in [-0.25, -0.2) is 0 Å². The SMILES string of the molecule is CNCC(C(C)C)N(C)Cc1cc(Br)cs1.